The summed E-state index contributed by atoms with van der Waals surface area (Å²) in [5.74, 6) is -1.58. The van der Waals surface area contributed by atoms with Gasteiger partial charge >= 0.3 is 5.97 Å². The number of hydrogen-bond donors (Lipinski definition) is 2. The number of carbonyl (C=O) groups is 1. The van der Waals surface area contributed by atoms with Gasteiger partial charge in [-0.3, -0.25) is 4.79 Å². The van der Waals surface area contributed by atoms with Crippen LogP contribution in [-0.2, 0) is 4.79 Å². The highest BCUT2D eigenvalue weighted by Gasteiger charge is 2.03. The Morgan fingerprint density at radius 1 is 1.62 bits per heavy atom. The molecule has 0 aliphatic heterocycles. The van der Waals surface area contributed by atoms with Crippen molar-refractivity contribution in [2.24, 2.45) is 0 Å². The van der Waals surface area contributed by atoms with Crippen LogP contribution in [0.25, 0.3) is 0 Å². The molecule has 1 aromatic carbocycles. The van der Waals surface area contributed by atoms with E-state index >= 15 is 0 Å². The lowest BCUT2D eigenvalue weighted by molar-refractivity contribution is -0.134. The second kappa shape index (κ2) is 4.09. The summed E-state index contributed by atoms with van der Waals surface area (Å²) in [6.07, 6.45) is 0. The number of halogens is 2. The van der Waals surface area contributed by atoms with Gasteiger partial charge in [0.15, 0.2) is 0 Å². The quantitative estimate of drug-likeness (QED) is 0.790. The lowest BCUT2D eigenvalue weighted by atomic mass is 10.3. The van der Waals surface area contributed by atoms with Crippen molar-refractivity contribution in [1.29, 1.82) is 0 Å². The van der Waals surface area contributed by atoms with E-state index < -0.39 is 11.8 Å². The molecule has 70 valence electrons. The average Bonchev–Trinajstić information content (AvgIpc) is 2.06. The third-order valence-electron chi connectivity index (χ3n) is 1.36. The van der Waals surface area contributed by atoms with Crippen molar-refractivity contribution in [2.75, 3.05) is 11.9 Å². The van der Waals surface area contributed by atoms with Crippen LogP contribution in [0.3, 0.4) is 0 Å². The van der Waals surface area contributed by atoms with Gasteiger partial charge < -0.3 is 10.4 Å². The molecule has 0 aliphatic rings. The molecular weight excluding hydrogens is 197 g/mol. The van der Waals surface area contributed by atoms with Crippen LogP contribution in [0, 0.1) is 5.82 Å². The number of carboxylic acid groups (broad SMARTS) is 1. The van der Waals surface area contributed by atoms with Crippen LogP contribution in [0.4, 0.5) is 10.1 Å². The van der Waals surface area contributed by atoms with Gasteiger partial charge in [0.25, 0.3) is 0 Å². The fourth-order valence-corrected chi connectivity index (χ4v) is 0.976. The number of benzene rings is 1. The smallest absolute Gasteiger partial charge is 0.322 e. The van der Waals surface area contributed by atoms with Crippen molar-refractivity contribution in [3.63, 3.8) is 0 Å². The first kappa shape index (κ1) is 9.80. The van der Waals surface area contributed by atoms with E-state index in [9.17, 15) is 9.18 Å². The maximum absolute atomic E-state index is 12.9. The molecule has 0 unspecified atom stereocenters. The van der Waals surface area contributed by atoms with Crippen LogP contribution >= 0.6 is 11.6 Å². The Morgan fingerprint density at radius 3 is 2.92 bits per heavy atom. The third-order valence-corrected chi connectivity index (χ3v) is 1.59. The zero-order valence-corrected chi connectivity index (χ0v) is 7.31. The number of hydrogen-bond acceptors (Lipinski definition) is 2. The van der Waals surface area contributed by atoms with Gasteiger partial charge in [-0.1, -0.05) is 11.6 Å². The molecule has 0 saturated heterocycles. The monoisotopic (exact) mass is 203 g/mol. The topological polar surface area (TPSA) is 49.3 Å². The summed E-state index contributed by atoms with van der Waals surface area (Å²) in [6.45, 7) is -0.336. The normalized spacial score (nSPS) is 9.69. The Labute approximate surface area is 79.1 Å². The maximum atomic E-state index is 12.9. The third kappa shape index (κ3) is 2.91. The van der Waals surface area contributed by atoms with Crippen LogP contribution < -0.4 is 5.32 Å². The van der Waals surface area contributed by atoms with E-state index in [4.69, 9.17) is 16.7 Å². The zero-order chi connectivity index (χ0) is 9.84. The highest BCUT2D eigenvalue weighted by molar-refractivity contribution is 6.30. The number of anilines is 1. The molecule has 1 aromatic rings. The molecule has 0 radical (unpaired) electrons. The standard InChI is InChI=1S/C8H7ClFNO2/c9-5-1-2-6(10)7(3-5)11-4-8(12)13/h1-3,11H,4H2,(H,12,13). The minimum atomic E-state index is -1.06. The van der Waals surface area contributed by atoms with Crippen LogP contribution in [0.5, 0.6) is 0 Å². The van der Waals surface area contributed by atoms with Crippen molar-refractivity contribution >= 4 is 23.3 Å². The molecule has 0 atom stereocenters. The molecule has 0 heterocycles. The molecule has 0 aliphatic carbocycles. The van der Waals surface area contributed by atoms with Crippen LogP contribution in [-0.4, -0.2) is 17.6 Å². The fourth-order valence-electron chi connectivity index (χ4n) is 0.804. The van der Waals surface area contributed by atoms with Crippen molar-refractivity contribution in [3.05, 3.63) is 29.0 Å². The maximum Gasteiger partial charge on any atom is 0.322 e. The van der Waals surface area contributed by atoms with Crippen molar-refractivity contribution < 1.29 is 14.3 Å². The summed E-state index contributed by atoms with van der Waals surface area (Å²) in [7, 11) is 0. The lowest BCUT2D eigenvalue weighted by Crippen LogP contribution is -2.13. The first-order valence-corrected chi connectivity index (χ1v) is 3.88. The first-order valence-electron chi connectivity index (χ1n) is 3.50. The van der Waals surface area contributed by atoms with Crippen LogP contribution in [0.1, 0.15) is 0 Å². The first-order chi connectivity index (χ1) is 6.09. The Bertz CT molecular complexity index is 330. The van der Waals surface area contributed by atoms with E-state index in [1.54, 1.807) is 0 Å². The molecule has 0 amide bonds. The molecule has 0 fully saturated rings. The average molecular weight is 204 g/mol. The predicted molar refractivity (Wildman–Crippen MR) is 47.5 cm³/mol. The van der Waals surface area contributed by atoms with Gasteiger partial charge in [0.05, 0.1) is 5.69 Å². The Kier molecular flexibility index (Phi) is 3.08. The highest BCUT2D eigenvalue weighted by Crippen LogP contribution is 2.18. The van der Waals surface area contributed by atoms with E-state index in [0.29, 0.717) is 5.02 Å². The molecule has 13 heavy (non-hydrogen) atoms. The molecular formula is C8H7ClFNO2. The molecule has 0 saturated carbocycles. The number of carboxylic acids is 1. The molecule has 1 rings (SSSR count). The van der Waals surface area contributed by atoms with Gasteiger partial charge in [-0.05, 0) is 18.2 Å². The molecule has 3 nitrogen and oxygen atoms in total. The van der Waals surface area contributed by atoms with Crippen molar-refractivity contribution in [2.45, 2.75) is 0 Å². The number of nitrogens with one attached hydrogen (secondary N) is 1. The van der Waals surface area contributed by atoms with E-state index in [1.165, 1.54) is 18.2 Å². The molecule has 5 heteroatoms. The minimum Gasteiger partial charge on any atom is -0.480 e. The minimum absolute atomic E-state index is 0.0925. The number of rotatable bonds is 3. The van der Waals surface area contributed by atoms with Gasteiger partial charge in [0.1, 0.15) is 12.4 Å². The molecule has 0 spiro atoms. The van der Waals surface area contributed by atoms with E-state index in [-0.39, 0.29) is 12.2 Å². The van der Waals surface area contributed by atoms with Crippen molar-refractivity contribution in [1.82, 2.24) is 0 Å². The summed E-state index contributed by atoms with van der Waals surface area (Å²) < 4.78 is 12.9. The number of aliphatic carboxylic acids is 1. The second-order valence-electron chi connectivity index (χ2n) is 2.37. The second-order valence-corrected chi connectivity index (χ2v) is 2.81. The molecule has 0 aromatic heterocycles. The summed E-state index contributed by atoms with van der Waals surface area (Å²) in [4.78, 5) is 10.2. The Balaban J connectivity index is 2.75. The van der Waals surface area contributed by atoms with E-state index in [2.05, 4.69) is 5.32 Å². The van der Waals surface area contributed by atoms with Gasteiger partial charge in [-0.2, -0.15) is 0 Å². The van der Waals surface area contributed by atoms with Crippen LogP contribution in [0.2, 0.25) is 5.02 Å². The van der Waals surface area contributed by atoms with E-state index in [1.807, 2.05) is 0 Å². The van der Waals surface area contributed by atoms with Gasteiger partial charge in [-0.25, -0.2) is 4.39 Å². The summed E-state index contributed by atoms with van der Waals surface area (Å²) in [6, 6.07) is 3.90. The summed E-state index contributed by atoms with van der Waals surface area (Å²) in [5.41, 5.74) is 0.0925. The lowest BCUT2D eigenvalue weighted by Gasteiger charge is -2.04. The summed E-state index contributed by atoms with van der Waals surface area (Å²) in [5, 5.41) is 11.1. The highest BCUT2D eigenvalue weighted by atomic mass is 35.5. The largest absolute Gasteiger partial charge is 0.480 e. The van der Waals surface area contributed by atoms with Crippen molar-refractivity contribution in [3.8, 4) is 0 Å². The van der Waals surface area contributed by atoms with E-state index in [0.717, 1.165) is 0 Å². The van der Waals surface area contributed by atoms with Gasteiger partial charge in [0.2, 0.25) is 0 Å². The fraction of sp³-hybridized carbons (Fsp3) is 0.125. The van der Waals surface area contributed by atoms with Crippen LogP contribution in [0.15, 0.2) is 18.2 Å². The Hall–Kier alpha value is -1.29. The van der Waals surface area contributed by atoms with Gasteiger partial charge in [-0.15, -0.1) is 0 Å². The van der Waals surface area contributed by atoms with Gasteiger partial charge in [0, 0.05) is 5.02 Å². The molecule has 0 bridgehead atoms. The zero-order valence-electron chi connectivity index (χ0n) is 6.55. The predicted octanol–water partition coefficient (Wildman–Crippen LogP) is 1.98. The SMILES string of the molecule is O=C(O)CNc1cc(Cl)ccc1F. The molecule has 2 N–H and O–H groups in total. The Morgan fingerprint density at radius 2 is 2.31 bits per heavy atom. The summed E-state index contributed by atoms with van der Waals surface area (Å²) >= 11 is 5.58.